The highest BCUT2D eigenvalue weighted by Crippen LogP contribution is 2.35. The summed E-state index contributed by atoms with van der Waals surface area (Å²) in [5.41, 5.74) is 5.79. The average Bonchev–Trinajstić information content (AvgIpc) is 2.40. The summed E-state index contributed by atoms with van der Waals surface area (Å²) in [4.78, 5) is 1.40. The van der Waals surface area contributed by atoms with Gasteiger partial charge in [-0.25, -0.2) is 0 Å². The highest BCUT2D eigenvalue weighted by molar-refractivity contribution is 7.99. The van der Waals surface area contributed by atoms with E-state index in [0.717, 1.165) is 22.6 Å². The van der Waals surface area contributed by atoms with Crippen molar-refractivity contribution in [1.82, 2.24) is 0 Å². The zero-order valence-corrected chi connectivity index (χ0v) is 12.0. The Morgan fingerprint density at radius 3 is 2.24 bits per heavy atom. The van der Waals surface area contributed by atoms with Crippen molar-refractivity contribution in [1.29, 1.82) is 5.41 Å². The van der Waals surface area contributed by atoms with Gasteiger partial charge in [0.2, 0.25) is 0 Å². The van der Waals surface area contributed by atoms with Crippen molar-refractivity contribution in [3.05, 3.63) is 59.2 Å². The lowest BCUT2D eigenvalue weighted by Crippen LogP contribution is -2.14. The van der Waals surface area contributed by atoms with E-state index in [-0.39, 0.29) is 11.4 Å². The summed E-state index contributed by atoms with van der Waals surface area (Å²) in [6.07, 6.45) is -4.45. The van der Waals surface area contributed by atoms with E-state index in [1.807, 2.05) is 31.2 Å². The molecule has 0 saturated carbocycles. The Bertz CT molecular complexity index is 664. The van der Waals surface area contributed by atoms with Gasteiger partial charge >= 0.3 is 6.18 Å². The van der Waals surface area contributed by atoms with E-state index in [1.54, 1.807) is 0 Å². The molecule has 0 aliphatic carbocycles. The maximum absolute atomic E-state index is 12.7. The molecule has 0 bridgehead atoms. The predicted octanol–water partition coefficient (Wildman–Crippen LogP) is 4.45. The molecular weight excluding hydrogens is 297 g/mol. The second-order valence-electron chi connectivity index (χ2n) is 4.54. The molecule has 2 aromatic rings. The van der Waals surface area contributed by atoms with Gasteiger partial charge < -0.3 is 5.73 Å². The molecule has 0 radical (unpaired) electrons. The molecule has 2 rings (SSSR count). The summed E-state index contributed by atoms with van der Waals surface area (Å²) in [6.45, 7) is 1.95. The summed E-state index contributed by atoms with van der Waals surface area (Å²) in [5, 5.41) is 7.47. The van der Waals surface area contributed by atoms with Crippen LogP contribution in [0.2, 0.25) is 0 Å². The number of nitrogens with one attached hydrogen (secondary N) is 1. The molecule has 0 amide bonds. The van der Waals surface area contributed by atoms with E-state index >= 15 is 0 Å². The fourth-order valence-corrected chi connectivity index (χ4v) is 2.68. The minimum atomic E-state index is -4.45. The Hall–Kier alpha value is -1.95. The number of alkyl halides is 3. The maximum atomic E-state index is 12.7. The molecule has 3 N–H and O–H groups in total. The molecule has 6 heteroatoms. The Balaban J connectivity index is 2.39. The van der Waals surface area contributed by atoms with Crippen LogP contribution in [-0.4, -0.2) is 5.84 Å². The number of halogens is 3. The lowest BCUT2D eigenvalue weighted by Gasteiger charge is -2.12. The Kier molecular flexibility index (Phi) is 4.27. The zero-order chi connectivity index (χ0) is 15.6. The molecular formula is C15H13F3N2S. The quantitative estimate of drug-likeness (QED) is 0.650. The van der Waals surface area contributed by atoms with Crippen molar-refractivity contribution in [3.8, 4) is 0 Å². The first-order valence-electron chi connectivity index (χ1n) is 6.07. The van der Waals surface area contributed by atoms with Gasteiger partial charge in [0.15, 0.2) is 0 Å². The second-order valence-corrected chi connectivity index (χ2v) is 5.65. The highest BCUT2D eigenvalue weighted by Gasteiger charge is 2.31. The van der Waals surface area contributed by atoms with E-state index in [9.17, 15) is 13.2 Å². The Labute approximate surface area is 124 Å². The summed E-state index contributed by atoms with van der Waals surface area (Å²) in [5.74, 6) is -0.379. The van der Waals surface area contributed by atoms with Gasteiger partial charge in [-0.3, -0.25) is 5.41 Å². The zero-order valence-electron chi connectivity index (χ0n) is 11.2. The van der Waals surface area contributed by atoms with Crippen molar-refractivity contribution >= 4 is 17.6 Å². The van der Waals surface area contributed by atoms with Crippen molar-refractivity contribution in [3.63, 3.8) is 0 Å². The second kappa shape index (κ2) is 5.81. The standard InChI is InChI=1S/C15H13F3N2S/c1-9-2-5-11(6-3-9)21-13-7-4-10(15(16,17)18)8-12(13)14(19)20/h2-8H,1H3,(H3,19,20). The van der Waals surface area contributed by atoms with Gasteiger partial charge in [0, 0.05) is 15.4 Å². The minimum Gasteiger partial charge on any atom is -0.384 e. The van der Waals surface area contributed by atoms with Crippen LogP contribution in [0, 0.1) is 12.3 Å². The number of benzene rings is 2. The molecule has 0 aliphatic rings. The van der Waals surface area contributed by atoms with E-state index in [2.05, 4.69) is 0 Å². The lowest BCUT2D eigenvalue weighted by molar-refractivity contribution is -0.137. The normalized spacial score (nSPS) is 11.4. The number of nitrogen functional groups attached to an aromatic ring is 1. The van der Waals surface area contributed by atoms with E-state index in [4.69, 9.17) is 11.1 Å². The smallest absolute Gasteiger partial charge is 0.384 e. The lowest BCUT2D eigenvalue weighted by atomic mass is 10.1. The Morgan fingerprint density at radius 2 is 1.71 bits per heavy atom. The van der Waals surface area contributed by atoms with Crippen LogP contribution in [0.15, 0.2) is 52.3 Å². The van der Waals surface area contributed by atoms with Crippen LogP contribution in [0.3, 0.4) is 0 Å². The third-order valence-electron chi connectivity index (χ3n) is 2.85. The molecule has 0 fully saturated rings. The van der Waals surface area contributed by atoms with Gasteiger partial charge in [0.25, 0.3) is 0 Å². The van der Waals surface area contributed by atoms with Crippen LogP contribution in [-0.2, 0) is 6.18 Å². The van der Waals surface area contributed by atoms with Crippen LogP contribution >= 0.6 is 11.8 Å². The van der Waals surface area contributed by atoms with Crippen LogP contribution in [0.5, 0.6) is 0 Å². The van der Waals surface area contributed by atoms with Crippen LogP contribution < -0.4 is 5.73 Å². The maximum Gasteiger partial charge on any atom is 0.416 e. The number of aryl methyl sites for hydroxylation is 1. The average molecular weight is 310 g/mol. The molecule has 0 unspecified atom stereocenters. The number of rotatable bonds is 3. The fraction of sp³-hybridized carbons (Fsp3) is 0.133. The van der Waals surface area contributed by atoms with Crippen LogP contribution in [0.1, 0.15) is 16.7 Å². The molecule has 2 aromatic carbocycles. The molecule has 0 atom stereocenters. The van der Waals surface area contributed by atoms with Gasteiger partial charge in [-0.1, -0.05) is 29.5 Å². The molecule has 0 heterocycles. The van der Waals surface area contributed by atoms with Gasteiger partial charge in [0.1, 0.15) is 5.84 Å². The molecule has 110 valence electrons. The minimum absolute atomic E-state index is 0.0930. The van der Waals surface area contributed by atoms with Gasteiger partial charge in [-0.15, -0.1) is 0 Å². The molecule has 2 nitrogen and oxygen atoms in total. The molecule has 0 saturated heterocycles. The SMILES string of the molecule is Cc1ccc(Sc2ccc(C(F)(F)F)cc2C(=N)N)cc1. The third kappa shape index (κ3) is 3.78. The monoisotopic (exact) mass is 310 g/mol. The van der Waals surface area contributed by atoms with E-state index in [1.165, 1.54) is 17.8 Å². The number of amidine groups is 1. The fourth-order valence-electron chi connectivity index (χ4n) is 1.74. The van der Waals surface area contributed by atoms with Crippen molar-refractivity contribution < 1.29 is 13.2 Å². The van der Waals surface area contributed by atoms with Gasteiger partial charge in [-0.2, -0.15) is 13.2 Å². The molecule has 21 heavy (non-hydrogen) atoms. The number of hydrogen-bond donors (Lipinski definition) is 2. The third-order valence-corrected chi connectivity index (χ3v) is 3.93. The molecule has 0 spiro atoms. The first-order chi connectivity index (χ1) is 9.77. The Morgan fingerprint density at radius 1 is 1.10 bits per heavy atom. The summed E-state index contributed by atoms with van der Waals surface area (Å²) in [7, 11) is 0. The molecule has 0 aromatic heterocycles. The first-order valence-corrected chi connectivity index (χ1v) is 6.89. The topological polar surface area (TPSA) is 49.9 Å². The number of hydrogen-bond acceptors (Lipinski definition) is 2. The summed E-state index contributed by atoms with van der Waals surface area (Å²) in [6, 6.07) is 10.9. The highest BCUT2D eigenvalue weighted by atomic mass is 32.2. The largest absolute Gasteiger partial charge is 0.416 e. The van der Waals surface area contributed by atoms with Crippen molar-refractivity contribution in [2.45, 2.75) is 22.9 Å². The van der Waals surface area contributed by atoms with E-state index < -0.39 is 11.7 Å². The van der Waals surface area contributed by atoms with Crippen molar-refractivity contribution in [2.75, 3.05) is 0 Å². The number of nitrogens with two attached hydrogens (primary N) is 1. The van der Waals surface area contributed by atoms with Crippen LogP contribution in [0.25, 0.3) is 0 Å². The molecule has 0 aliphatic heterocycles. The van der Waals surface area contributed by atoms with Crippen LogP contribution in [0.4, 0.5) is 13.2 Å². The summed E-state index contributed by atoms with van der Waals surface area (Å²) >= 11 is 1.28. The summed E-state index contributed by atoms with van der Waals surface area (Å²) < 4.78 is 38.1. The van der Waals surface area contributed by atoms with E-state index in [0.29, 0.717) is 4.90 Å². The first kappa shape index (κ1) is 15.4. The van der Waals surface area contributed by atoms with Gasteiger partial charge in [0.05, 0.1) is 5.56 Å². The van der Waals surface area contributed by atoms with Gasteiger partial charge in [-0.05, 0) is 37.3 Å². The van der Waals surface area contributed by atoms with Crippen molar-refractivity contribution in [2.24, 2.45) is 5.73 Å². The predicted molar refractivity (Wildman–Crippen MR) is 77.8 cm³/mol.